The normalized spacial score (nSPS) is 19.7. The Morgan fingerprint density at radius 1 is 1.35 bits per heavy atom. The van der Waals surface area contributed by atoms with Crippen LogP contribution in [0.2, 0.25) is 0 Å². The average Bonchev–Trinajstić information content (AvgIpc) is 3.47. The van der Waals surface area contributed by atoms with Crippen molar-refractivity contribution in [1.82, 2.24) is 4.98 Å². The number of nitrogens with one attached hydrogen (secondary N) is 2. The first-order valence-electron chi connectivity index (χ1n) is 8.73. The van der Waals surface area contributed by atoms with Crippen molar-refractivity contribution < 1.29 is 23.1 Å². The van der Waals surface area contributed by atoms with Crippen LogP contribution >= 0.6 is 0 Å². The number of nitrogens with zero attached hydrogens (tertiary/aromatic N) is 1. The molecule has 2 fully saturated rings. The van der Waals surface area contributed by atoms with Crippen molar-refractivity contribution in [2.75, 3.05) is 18.5 Å². The number of aliphatic carboxylic acids is 1. The predicted molar refractivity (Wildman–Crippen MR) is 95.5 cm³/mol. The summed E-state index contributed by atoms with van der Waals surface area (Å²) in [7, 11) is -3.53. The molecule has 1 aliphatic heterocycles. The Bertz CT molecular complexity index is 786. The minimum absolute atomic E-state index is 0.00444. The van der Waals surface area contributed by atoms with Crippen LogP contribution in [-0.4, -0.2) is 55.2 Å². The minimum atomic E-state index is -3.53. The van der Waals surface area contributed by atoms with Gasteiger partial charge in [-0.3, -0.25) is 4.98 Å². The third-order valence-corrected chi connectivity index (χ3v) is 7.19. The molecule has 2 aliphatic rings. The number of carboxylic acids is 1. The number of hydrogen-bond donors (Lipinski definition) is 3. The van der Waals surface area contributed by atoms with Crippen LogP contribution in [0.25, 0.3) is 0 Å². The molecule has 0 amide bonds. The van der Waals surface area contributed by atoms with Crippen LogP contribution in [0.3, 0.4) is 0 Å². The quantitative estimate of drug-likeness (QED) is 0.584. The Kier molecular flexibility index (Phi) is 5.57. The third kappa shape index (κ3) is 4.04. The van der Waals surface area contributed by atoms with Gasteiger partial charge in [0.2, 0.25) is 0 Å². The molecule has 2 heterocycles. The lowest BCUT2D eigenvalue weighted by molar-refractivity contribution is -0.138. The number of carbonyl (C=O) groups is 1. The van der Waals surface area contributed by atoms with Crippen LogP contribution < -0.4 is 5.32 Å². The summed E-state index contributed by atoms with van der Waals surface area (Å²) >= 11 is 0. The monoisotopic (exact) mass is 381 g/mol. The topological polar surface area (TPSA) is 129 Å². The van der Waals surface area contributed by atoms with Crippen LogP contribution in [0.5, 0.6) is 0 Å². The highest BCUT2D eigenvalue weighted by Crippen LogP contribution is 2.36. The van der Waals surface area contributed by atoms with E-state index in [9.17, 15) is 18.3 Å². The molecular formula is C17H23N3O5S. The molecular weight excluding hydrogens is 358 g/mol. The van der Waals surface area contributed by atoms with Gasteiger partial charge >= 0.3 is 5.97 Å². The summed E-state index contributed by atoms with van der Waals surface area (Å²) in [5.41, 5.74) is 0.436. The highest BCUT2D eigenvalue weighted by Gasteiger charge is 2.39. The van der Waals surface area contributed by atoms with Crippen LogP contribution in [0.4, 0.5) is 5.69 Å². The van der Waals surface area contributed by atoms with Gasteiger partial charge in [0, 0.05) is 31.2 Å². The maximum atomic E-state index is 12.6. The highest BCUT2D eigenvalue weighted by molar-refractivity contribution is 7.92. The number of rotatable bonds is 8. The first-order valence-corrected chi connectivity index (χ1v) is 10.3. The van der Waals surface area contributed by atoms with E-state index in [4.69, 9.17) is 10.1 Å². The van der Waals surface area contributed by atoms with E-state index < -0.39 is 27.1 Å². The van der Waals surface area contributed by atoms with Crippen molar-refractivity contribution in [2.45, 2.75) is 48.3 Å². The fourth-order valence-corrected chi connectivity index (χ4v) is 5.02. The zero-order valence-electron chi connectivity index (χ0n) is 14.3. The molecule has 1 saturated carbocycles. The van der Waals surface area contributed by atoms with E-state index >= 15 is 0 Å². The number of anilines is 1. The first-order chi connectivity index (χ1) is 12.4. The summed E-state index contributed by atoms with van der Waals surface area (Å²) in [6.45, 7) is 1.25. The van der Waals surface area contributed by atoms with E-state index in [0.717, 1.165) is 19.1 Å². The maximum absolute atomic E-state index is 12.6. The summed E-state index contributed by atoms with van der Waals surface area (Å²) in [5, 5.41) is 19.7. The molecule has 0 bridgehead atoms. The van der Waals surface area contributed by atoms with Gasteiger partial charge in [-0.1, -0.05) is 0 Å². The fraction of sp³-hybridized carbons (Fsp3) is 0.588. The first kappa shape index (κ1) is 18.8. The summed E-state index contributed by atoms with van der Waals surface area (Å²) in [5.74, 6) is -0.782. The number of sulfone groups is 1. The van der Waals surface area contributed by atoms with Gasteiger partial charge in [0.1, 0.15) is 6.04 Å². The lowest BCUT2D eigenvalue weighted by Crippen LogP contribution is -2.33. The Morgan fingerprint density at radius 2 is 2.04 bits per heavy atom. The second-order valence-corrected chi connectivity index (χ2v) is 9.01. The van der Waals surface area contributed by atoms with Crippen LogP contribution in [0.1, 0.15) is 37.7 Å². The Balaban J connectivity index is 1.85. The molecule has 1 atom stereocenters. The van der Waals surface area contributed by atoms with Crippen molar-refractivity contribution in [1.29, 1.82) is 5.41 Å². The van der Waals surface area contributed by atoms with Crippen molar-refractivity contribution in [2.24, 2.45) is 5.92 Å². The van der Waals surface area contributed by atoms with Gasteiger partial charge < -0.3 is 20.6 Å². The second-order valence-electron chi connectivity index (χ2n) is 6.81. The van der Waals surface area contributed by atoms with Gasteiger partial charge in [0.15, 0.2) is 9.84 Å². The van der Waals surface area contributed by atoms with E-state index in [1.165, 1.54) is 12.4 Å². The standard InChI is InChI=1S/C17H23N3O5S/c18-8-13-15(9-19-10-16(13)26(23,24)12-1-2-12)20-14(17(21)22)7-11-3-5-25-6-4-11/h8-12,14,18,20H,1-7H2,(H,21,22). The van der Waals surface area contributed by atoms with Crippen molar-refractivity contribution in [3.8, 4) is 0 Å². The maximum Gasteiger partial charge on any atom is 0.326 e. The lowest BCUT2D eigenvalue weighted by Gasteiger charge is -2.26. The SMILES string of the molecule is N=Cc1c(NC(CC2CCOCC2)C(=O)O)cncc1S(=O)(=O)C1CC1. The average molecular weight is 381 g/mol. The van der Waals surface area contributed by atoms with E-state index in [0.29, 0.717) is 32.5 Å². The number of ether oxygens (including phenoxy) is 1. The zero-order chi connectivity index (χ0) is 18.7. The predicted octanol–water partition coefficient (Wildman–Crippen LogP) is 1.70. The molecule has 3 rings (SSSR count). The van der Waals surface area contributed by atoms with Gasteiger partial charge in [0.05, 0.1) is 22.0 Å². The Morgan fingerprint density at radius 3 is 2.62 bits per heavy atom. The zero-order valence-corrected chi connectivity index (χ0v) is 15.2. The Hall–Kier alpha value is -2.00. The van der Waals surface area contributed by atoms with Gasteiger partial charge in [0.25, 0.3) is 0 Å². The van der Waals surface area contributed by atoms with E-state index in [2.05, 4.69) is 10.3 Å². The summed E-state index contributed by atoms with van der Waals surface area (Å²) in [4.78, 5) is 15.7. The third-order valence-electron chi connectivity index (χ3n) is 4.90. The number of aromatic nitrogens is 1. The molecule has 26 heavy (non-hydrogen) atoms. The summed E-state index contributed by atoms with van der Waals surface area (Å²) < 4.78 is 30.4. The molecule has 1 unspecified atom stereocenters. The molecule has 3 N–H and O–H groups in total. The van der Waals surface area contributed by atoms with E-state index in [1.54, 1.807) is 0 Å². The fourth-order valence-electron chi connectivity index (χ4n) is 3.22. The molecule has 142 valence electrons. The summed E-state index contributed by atoms with van der Waals surface area (Å²) in [6, 6.07) is -0.877. The summed E-state index contributed by atoms with van der Waals surface area (Å²) in [6.07, 6.45) is 6.81. The largest absolute Gasteiger partial charge is 0.480 e. The van der Waals surface area contributed by atoms with Gasteiger partial charge in [-0.05, 0) is 38.0 Å². The van der Waals surface area contributed by atoms with E-state index in [1.807, 2.05) is 0 Å². The van der Waals surface area contributed by atoms with Crippen LogP contribution in [-0.2, 0) is 19.4 Å². The smallest absolute Gasteiger partial charge is 0.326 e. The van der Waals surface area contributed by atoms with Crippen molar-refractivity contribution >= 4 is 27.7 Å². The van der Waals surface area contributed by atoms with Gasteiger partial charge in [-0.15, -0.1) is 0 Å². The number of carboxylic acid groups (broad SMARTS) is 1. The van der Waals surface area contributed by atoms with Crippen molar-refractivity contribution in [3.05, 3.63) is 18.0 Å². The number of hydrogen-bond acceptors (Lipinski definition) is 7. The Labute approximate surface area is 152 Å². The lowest BCUT2D eigenvalue weighted by atomic mass is 9.92. The molecule has 8 nitrogen and oxygen atoms in total. The molecule has 9 heteroatoms. The molecule has 0 radical (unpaired) electrons. The molecule has 0 spiro atoms. The molecule has 0 aromatic carbocycles. The molecule has 1 aromatic rings. The number of pyridine rings is 1. The molecule has 1 saturated heterocycles. The minimum Gasteiger partial charge on any atom is -0.480 e. The van der Waals surface area contributed by atoms with Crippen LogP contribution in [0, 0.1) is 11.3 Å². The molecule has 1 aromatic heterocycles. The molecule has 1 aliphatic carbocycles. The van der Waals surface area contributed by atoms with Gasteiger partial charge in [-0.2, -0.15) is 0 Å². The van der Waals surface area contributed by atoms with E-state index in [-0.39, 0.29) is 22.1 Å². The van der Waals surface area contributed by atoms with Crippen molar-refractivity contribution in [3.63, 3.8) is 0 Å². The van der Waals surface area contributed by atoms with Crippen LogP contribution in [0.15, 0.2) is 17.3 Å². The second kappa shape index (κ2) is 7.71. The van der Waals surface area contributed by atoms with Gasteiger partial charge in [-0.25, -0.2) is 13.2 Å². The highest BCUT2D eigenvalue weighted by atomic mass is 32.2.